The highest BCUT2D eigenvalue weighted by Crippen LogP contribution is 2.11. The lowest BCUT2D eigenvalue weighted by Gasteiger charge is -2.18. The van der Waals surface area contributed by atoms with Gasteiger partial charge in [-0.05, 0) is 32.1 Å². The highest BCUT2D eigenvalue weighted by Gasteiger charge is 2.08. The molecule has 0 aliphatic rings. The molecule has 0 aromatic rings. The molecule has 0 spiro atoms. The molecule has 0 aliphatic heterocycles. The van der Waals surface area contributed by atoms with Gasteiger partial charge in [-0.25, -0.2) is 0 Å². The highest BCUT2D eigenvalue weighted by atomic mass is 16.7. The Morgan fingerprint density at radius 2 is 1.62 bits per heavy atom. The largest absolute Gasteiger partial charge is 0.353 e. The van der Waals surface area contributed by atoms with Gasteiger partial charge >= 0.3 is 0 Å². The molecule has 0 aliphatic carbocycles. The SMILES string of the molecule is CCCCCCC(OCC)OCCC(C)C. The van der Waals surface area contributed by atoms with Gasteiger partial charge in [0.15, 0.2) is 6.29 Å². The summed E-state index contributed by atoms with van der Waals surface area (Å²) in [5, 5.41) is 0. The number of hydrogen-bond acceptors (Lipinski definition) is 2. The second-order valence-electron chi connectivity index (χ2n) is 4.79. The standard InChI is InChI=1S/C14H30O2/c1-5-7-8-9-10-14(15-6-2)16-12-11-13(3)4/h13-14H,5-12H2,1-4H3. The Morgan fingerprint density at radius 3 is 2.19 bits per heavy atom. The van der Waals surface area contributed by atoms with Gasteiger partial charge in [0.25, 0.3) is 0 Å². The summed E-state index contributed by atoms with van der Waals surface area (Å²) >= 11 is 0. The molecular weight excluding hydrogens is 200 g/mol. The van der Waals surface area contributed by atoms with Crippen LogP contribution in [0.25, 0.3) is 0 Å². The zero-order valence-electron chi connectivity index (χ0n) is 11.6. The first-order valence-electron chi connectivity index (χ1n) is 6.93. The van der Waals surface area contributed by atoms with Crippen molar-refractivity contribution in [3.05, 3.63) is 0 Å². The maximum atomic E-state index is 5.75. The molecule has 0 N–H and O–H groups in total. The Morgan fingerprint density at radius 1 is 0.875 bits per heavy atom. The zero-order valence-corrected chi connectivity index (χ0v) is 11.6. The first-order valence-corrected chi connectivity index (χ1v) is 6.93. The Balaban J connectivity index is 3.53. The summed E-state index contributed by atoms with van der Waals surface area (Å²) in [6.45, 7) is 10.3. The average Bonchev–Trinajstić information content (AvgIpc) is 2.23. The Kier molecular flexibility index (Phi) is 11.3. The van der Waals surface area contributed by atoms with Crippen molar-refractivity contribution in [2.75, 3.05) is 13.2 Å². The van der Waals surface area contributed by atoms with Gasteiger partial charge in [-0.3, -0.25) is 0 Å². The number of hydrogen-bond donors (Lipinski definition) is 0. The maximum Gasteiger partial charge on any atom is 0.157 e. The van der Waals surface area contributed by atoms with Gasteiger partial charge in [0, 0.05) is 13.2 Å². The maximum absolute atomic E-state index is 5.75. The van der Waals surface area contributed by atoms with Crippen LogP contribution < -0.4 is 0 Å². The summed E-state index contributed by atoms with van der Waals surface area (Å²) in [6.07, 6.45) is 7.33. The summed E-state index contributed by atoms with van der Waals surface area (Å²) in [7, 11) is 0. The molecule has 0 rings (SSSR count). The van der Waals surface area contributed by atoms with E-state index in [-0.39, 0.29) is 6.29 Å². The lowest BCUT2D eigenvalue weighted by Crippen LogP contribution is -2.18. The van der Waals surface area contributed by atoms with Crippen molar-refractivity contribution in [3.8, 4) is 0 Å². The summed E-state index contributed by atoms with van der Waals surface area (Å²) in [5.41, 5.74) is 0. The van der Waals surface area contributed by atoms with E-state index in [1.165, 1.54) is 25.7 Å². The lowest BCUT2D eigenvalue weighted by molar-refractivity contribution is -0.145. The molecular formula is C14H30O2. The van der Waals surface area contributed by atoms with Gasteiger partial charge in [0.2, 0.25) is 0 Å². The molecule has 98 valence electrons. The normalized spacial score (nSPS) is 13.3. The van der Waals surface area contributed by atoms with Crippen molar-refractivity contribution in [3.63, 3.8) is 0 Å². The van der Waals surface area contributed by atoms with Gasteiger partial charge in [0.05, 0.1) is 0 Å². The molecule has 0 amide bonds. The van der Waals surface area contributed by atoms with Crippen molar-refractivity contribution in [1.29, 1.82) is 0 Å². The topological polar surface area (TPSA) is 18.5 Å². The molecule has 0 aromatic heterocycles. The predicted octanol–water partition coefficient (Wildman–Crippen LogP) is 4.38. The molecule has 0 saturated heterocycles. The van der Waals surface area contributed by atoms with Crippen molar-refractivity contribution in [2.24, 2.45) is 5.92 Å². The van der Waals surface area contributed by atoms with E-state index in [9.17, 15) is 0 Å². The lowest BCUT2D eigenvalue weighted by atomic mass is 10.1. The smallest absolute Gasteiger partial charge is 0.157 e. The van der Waals surface area contributed by atoms with Crippen LogP contribution in [0.2, 0.25) is 0 Å². The monoisotopic (exact) mass is 230 g/mol. The van der Waals surface area contributed by atoms with E-state index in [0.717, 1.165) is 26.1 Å². The van der Waals surface area contributed by atoms with E-state index >= 15 is 0 Å². The first-order chi connectivity index (χ1) is 7.70. The first kappa shape index (κ1) is 15.9. The second kappa shape index (κ2) is 11.4. The minimum Gasteiger partial charge on any atom is -0.353 e. The quantitative estimate of drug-likeness (QED) is 0.387. The Labute approximate surface area is 102 Å². The van der Waals surface area contributed by atoms with E-state index < -0.39 is 0 Å². The van der Waals surface area contributed by atoms with Gasteiger partial charge in [0.1, 0.15) is 0 Å². The van der Waals surface area contributed by atoms with E-state index in [4.69, 9.17) is 9.47 Å². The Bertz CT molecular complexity index is 135. The molecule has 2 heteroatoms. The molecule has 1 unspecified atom stereocenters. The Hall–Kier alpha value is -0.0800. The molecule has 0 aromatic carbocycles. The molecule has 0 fully saturated rings. The van der Waals surface area contributed by atoms with Crippen LogP contribution in [-0.2, 0) is 9.47 Å². The van der Waals surface area contributed by atoms with E-state index in [1.54, 1.807) is 0 Å². The molecule has 0 bridgehead atoms. The van der Waals surface area contributed by atoms with Crippen LogP contribution in [0, 0.1) is 5.92 Å². The molecule has 16 heavy (non-hydrogen) atoms. The van der Waals surface area contributed by atoms with Crippen LogP contribution in [0.1, 0.15) is 66.2 Å². The van der Waals surface area contributed by atoms with Crippen molar-refractivity contribution >= 4 is 0 Å². The summed E-state index contributed by atoms with van der Waals surface area (Å²) in [4.78, 5) is 0. The van der Waals surface area contributed by atoms with Crippen LogP contribution in [0.4, 0.5) is 0 Å². The van der Waals surface area contributed by atoms with E-state index in [2.05, 4.69) is 20.8 Å². The predicted molar refractivity (Wildman–Crippen MR) is 69.6 cm³/mol. The van der Waals surface area contributed by atoms with Gasteiger partial charge < -0.3 is 9.47 Å². The second-order valence-corrected chi connectivity index (χ2v) is 4.79. The molecule has 0 saturated carbocycles. The van der Waals surface area contributed by atoms with Gasteiger partial charge in [-0.15, -0.1) is 0 Å². The number of ether oxygens (including phenoxy) is 2. The fourth-order valence-corrected chi connectivity index (χ4v) is 1.57. The summed E-state index contributed by atoms with van der Waals surface area (Å²) in [6, 6.07) is 0. The summed E-state index contributed by atoms with van der Waals surface area (Å²) < 4.78 is 11.3. The van der Waals surface area contributed by atoms with E-state index in [0.29, 0.717) is 5.92 Å². The van der Waals surface area contributed by atoms with Crippen molar-refractivity contribution in [1.82, 2.24) is 0 Å². The fraction of sp³-hybridized carbons (Fsp3) is 1.00. The van der Waals surface area contributed by atoms with Crippen LogP contribution >= 0.6 is 0 Å². The minimum absolute atomic E-state index is 0.0283. The third kappa shape index (κ3) is 10.4. The fourth-order valence-electron chi connectivity index (χ4n) is 1.57. The molecule has 1 atom stereocenters. The third-order valence-corrected chi connectivity index (χ3v) is 2.64. The molecule has 2 nitrogen and oxygen atoms in total. The minimum atomic E-state index is 0.0283. The molecule has 0 radical (unpaired) electrons. The van der Waals surface area contributed by atoms with Crippen LogP contribution in [-0.4, -0.2) is 19.5 Å². The zero-order chi connectivity index (χ0) is 12.2. The van der Waals surface area contributed by atoms with Crippen molar-refractivity contribution in [2.45, 2.75) is 72.5 Å². The van der Waals surface area contributed by atoms with Gasteiger partial charge in [-0.1, -0.05) is 40.0 Å². The third-order valence-electron chi connectivity index (χ3n) is 2.64. The number of rotatable bonds is 11. The molecule has 0 heterocycles. The summed E-state index contributed by atoms with van der Waals surface area (Å²) in [5.74, 6) is 0.711. The van der Waals surface area contributed by atoms with Crippen molar-refractivity contribution < 1.29 is 9.47 Å². The van der Waals surface area contributed by atoms with Crippen LogP contribution in [0.15, 0.2) is 0 Å². The van der Waals surface area contributed by atoms with Crippen LogP contribution in [0.3, 0.4) is 0 Å². The highest BCUT2D eigenvalue weighted by molar-refractivity contribution is 4.50. The number of unbranched alkanes of at least 4 members (excludes halogenated alkanes) is 3. The van der Waals surface area contributed by atoms with Gasteiger partial charge in [-0.2, -0.15) is 0 Å². The average molecular weight is 230 g/mol. The van der Waals surface area contributed by atoms with Crippen LogP contribution in [0.5, 0.6) is 0 Å². The van der Waals surface area contributed by atoms with E-state index in [1.807, 2.05) is 6.92 Å².